The Hall–Kier alpha value is -0.480. The summed E-state index contributed by atoms with van der Waals surface area (Å²) in [6, 6.07) is 2.82. The molecule has 1 unspecified atom stereocenters. The van der Waals surface area contributed by atoms with Crippen LogP contribution in [0.1, 0.15) is 31.4 Å². The average molecular weight is 253 g/mol. The second kappa shape index (κ2) is 5.91. The number of hydrogen-bond acceptors (Lipinski definition) is 3. The molecule has 3 nitrogen and oxygen atoms in total. The van der Waals surface area contributed by atoms with E-state index in [2.05, 4.69) is 30.5 Å². The fourth-order valence-electron chi connectivity index (χ4n) is 2.71. The lowest BCUT2D eigenvalue weighted by Gasteiger charge is -2.22. The number of rotatable bonds is 5. The van der Waals surface area contributed by atoms with Gasteiger partial charge in [-0.1, -0.05) is 12.8 Å². The second-order valence-corrected chi connectivity index (χ2v) is 6.04. The molecule has 2 rings (SSSR count). The van der Waals surface area contributed by atoms with Gasteiger partial charge in [-0.05, 0) is 38.8 Å². The molecule has 1 N–H and O–H groups in total. The fourth-order valence-corrected chi connectivity index (χ4v) is 3.98. The molecule has 1 saturated carbocycles. The molecule has 0 bridgehead atoms. The molecule has 0 spiro atoms. The minimum atomic E-state index is 0.651. The highest BCUT2D eigenvalue weighted by atomic mass is 32.2. The monoisotopic (exact) mass is 253 g/mol. The van der Waals surface area contributed by atoms with E-state index in [1.54, 1.807) is 0 Å². The molecule has 0 radical (unpaired) electrons. The molecule has 1 fully saturated rings. The number of nitrogens with one attached hydrogen (secondary N) is 1. The molecule has 96 valence electrons. The molecule has 1 heterocycles. The molecule has 1 atom stereocenters. The highest BCUT2D eigenvalue weighted by Crippen LogP contribution is 2.30. The van der Waals surface area contributed by atoms with Crippen molar-refractivity contribution in [1.29, 1.82) is 0 Å². The van der Waals surface area contributed by atoms with Crippen LogP contribution in [0.4, 0.5) is 0 Å². The van der Waals surface area contributed by atoms with E-state index in [4.69, 9.17) is 0 Å². The van der Waals surface area contributed by atoms with Crippen molar-refractivity contribution in [2.24, 2.45) is 13.0 Å². The van der Waals surface area contributed by atoms with Gasteiger partial charge in [-0.2, -0.15) is 5.10 Å². The average Bonchev–Trinajstić information content (AvgIpc) is 2.90. The van der Waals surface area contributed by atoms with Crippen LogP contribution in [0, 0.1) is 12.8 Å². The van der Waals surface area contributed by atoms with Crippen LogP contribution in [-0.4, -0.2) is 28.6 Å². The molecule has 1 aromatic heterocycles. The highest BCUT2D eigenvalue weighted by Gasteiger charge is 2.23. The van der Waals surface area contributed by atoms with E-state index in [0.29, 0.717) is 6.04 Å². The first-order chi connectivity index (χ1) is 8.20. The zero-order chi connectivity index (χ0) is 12.3. The molecule has 1 aromatic rings. The van der Waals surface area contributed by atoms with Crippen molar-refractivity contribution < 1.29 is 0 Å². The summed E-state index contributed by atoms with van der Waals surface area (Å²) >= 11 is 1.93. The Balaban J connectivity index is 1.89. The van der Waals surface area contributed by atoms with E-state index in [9.17, 15) is 0 Å². The molecule has 1 aliphatic rings. The Kier molecular flexibility index (Phi) is 4.51. The maximum absolute atomic E-state index is 4.39. The number of aryl methyl sites for hydroxylation is 2. The van der Waals surface area contributed by atoms with E-state index in [1.165, 1.54) is 30.7 Å². The Bertz CT molecular complexity index is 356. The van der Waals surface area contributed by atoms with Crippen molar-refractivity contribution in [3.05, 3.63) is 11.8 Å². The lowest BCUT2D eigenvalue weighted by atomic mass is 10.0. The lowest BCUT2D eigenvalue weighted by molar-refractivity contribution is 0.410. The zero-order valence-corrected chi connectivity index (χ0v) is 11.9. The van der Waals surface area contributed by atoms with Gasteiger partial charge in [0, 0.05) is 18.8 Å². The smallest absolute Gasteiger partial charge is 0.0939 e. The lowest BCUT2D eigenvalue weighted by Crippen LogP contribution is -2.34. The van der Waals surface area contributed by atoms with Crippen LogP contribution < -0.4 is 5.32 Å². The van der Waals surface area contributed by atoms with Crippen molar-refractivity contribution in [3.8, 4) is 0 Å². The highest BCUT2D eigenvalue weighted by molar-refractivity contribution is 7.99. The van der Waals surface area contributed by atoms with Gasteiger partial charge in [0.15, 0.2) is 0 Å². The standard InChI is InChI=1S/C13H23N3S/c1-10-8-13(16(3)15-10)17-9-12(14-2)11-6-4-5-7-11/h8,11-12,14H,4-7,9H2,1-3H3. The third-order valence-electron chi connectivity index (χ3n) is 3.71. The van der Waals surface area contributed by atoms with E-state index < -0.39 is 0 Å². The van der Waals surface area contributed by atoms with Crippen LogP contribution in [0.2, 0.25) is 0 Å². The van der Waals surface area contributed by atoms with Crippen LogP contribution in [0.25, 0.3) is 0 Å². The predicted octanol–water partition coefficient (Wildman–Crippen LogP) is 2.60. The molecular weight excluding hydrogens is 230 g/mol. The Morgan fingerprint density at radius 2 is 2.24 bits per heavy atom. The number of hydrogen-bond donors (Lipinski definition) is 1. The molecule has 0 aliphatic heterocycles. The minimum absolute atomic E-state index is 0.651. The third kappa shape index (κ3) is 3.26. The van der Waals surface area contributed by atoms with Crippen molar-refractivity contribution in [2.45, 2.75) is 43.7 Å². The SMILES string of the molecule is CNC(CSc1cc(C)nn1C)C1CCCC1. The second-order valence-electron chi connectivity index (χ2n) is 5.00. The van der Waals surface area contributed by atoms with Gasteiger partial charge in [0.1, 0.15) is 0 Å². The van der Waals surface area contributed by atoms with Crippen LogP contribution in [-0.2, 0) is 7.05 Å². The molecule has 0 aromatic carbocycles. The van der Waals surface area contributed by atoms with Gasteiger partial charge in [0.2, 0.25) is 0 Å². The van der Waals surface area contributed by atoms with Gasteiger partial charge in [0.05, 0.1) is 10.7 Å². The van der Waals surface area contributed by atoms with Gasteiger partial charge in [-0.15, -0.1) is 11.8 Å². The van der Waals surface area contributed by atoms with Gasteiger partial charge in [-0.3, -0.25) is 4.68 Å². The Morgan fingerprint density at radius 1 is 1.53 bits per heavy atom. The first-order valence-corrected chi connectivity index (χ1v) is 7.50. The summed E-state index contributed by atoms with van der Waals surface area (Å²) in [6.07, 6.45) is 5.63. The maximum atomic E-state index is 4.39. The summed E-state index contributed by atoms with van der Waals surface area (Å²) in [7, 11) is 4.12. The fraction of sp³-hybridized carbons (Fsp3) is 0.769. The summed E-state index contributed by atoms with van der Waals surface area (Å²) in [5.41, 5.74) is 1.11. The largest absolute Gasteiger partial charge is 0.316 e. The van der Waals surface area contributed by atoms with Crippen LogP contribution in [0.3, 0.4) is 0 Å². The summed E-state index contributed by atoms with van der Waals surface area (Å²) in [5, 5.41) is 9.16. The van der Waals surface area contributed by atoms with Crippen LogP contribution >= 0.6 is 11.8 Å². The third-order valence-corrected chi connectivity index (χ3v) is 4.91. The minimum Gasteiger partial charge on any atom is -0.316 e. The number of nitrogens with zero attached hydrogens (tertiary/aromatic N) is 2. The summed E-state index contributed by atoms with van der Waals surface area (Å²) in [4.78, 5) is 0. The first-order valence-electron chi connectivity index (χ1n) is 6.51. The molecule has 1 aliphatic carbocycles. The van der Waals surface area contributed by atoms with E-state index >= 15 is 0 Å². The summed E-state index contributed by atoms with van der Waals surface area (Å²) in [5.74, 6) is 2.03. The predicted molar refractivity (Wildman–Crippen MR) is 73.5 cm³/mol. The van der Waals surface area contributed by atoms with E-state index in [1.807, 2.05) is 23.5 Å². The molecule has 17 heavy (non-hydrogen) atoms. The normalized spacial score (nSPS) is 18.8. The zero-order valence-electron chi connectivity index (χ0n) is 11.1. The van der Waals surface area contributed by atoms with Crippen molar-refractivity contribution >= 4 is 11.8 Å². The summed E-state index contributed by atoms with van der Waals surface area (Å²) in [6.45, 7) is 2.05. The topological polar surface area (TPSA) is 29.9 Å². The van der Waals surface area contributed by atoms with Crippen LogP contribution in [0.5, 0.6) is 0 Å². The van der Waals surface area contributed by atoms with E-state index in [-0.39, 0.29) is 0 Å². The Morgan fingerprint density at radius 3 is 2.76 bits per heavy atom. The first kappa shape index (κ1) is 13.0. The van der Waals surface area contributed by atoms with E-state index in [0.717, 1.165) is 17.4 Å². The van der Waals surface area contributed by atoms with Gasteiger partial charge < -0.3 is 5.32 Å². The van der Waals surface area contributed by atoms with Gasteiger partial charge in [0.25, 0.3) is 0 Å². The molecule has 0 saturated heterocycles. The van der Waals surface area contributed by atoms with Crippen molar-refractivity contribution in [3.63, 3.8) is 0 Å². The van der Waals surface area contributed by atoms with Crippen molar-refractivity contribution in [2.75, 3.05) is 12.8 Å². The quantitative estimate of drug-likeness (QED) is 0.818. The molecule has 4 heteroatoms. The molecule has 0 amide bonds. The summed E-state index contributed by atoms with van der Waals surface area (Å²) < 4.78 is 1.99. The van der Waals surface area contributed by atoms with Gasteiger partial charge in [-0.25, -0.2) is 0 Å². The molecular formula is C13H23N3S. The number of thioether (sulfide) groups is 1. The van der Waals surface area contributed by atoms with Crippen molar-refractivity contribution in [1.82, 2.24) is 15.1 Å². The Labute approximate surface area is 108 Å². The number of aromatic nitrogens is 2. The van der Waals surface area contributed by atoms with Crippen LogP contribution in [0.15, 0.2) is 11.1 Å². The maximum Gasteiger partial charge on any atom is 0.0939 e. The van der Waals surface area contributed by atoms with Gasteiger partial charge >= 0.3 is 0 Å².